The van der Waals surface area contributed by atoms with E-state index >= 15 is 0 Å². The van der Waals surface area contributed by atoms with E-state index in [1.54, 1.807) is 9.80 Å². The lowest BCUT2D eigenvalue weighted by Crippen LogP contribution is -3.14. The molecule has 0 spiro atoms. The van der Waals surface area contributed by atoms with Gasteiger partial charge in [-0.3, -0.25) is 4.79 Å². The fourth-order valence-electron chi connectivity index (χ4n) is 3.42. The van der Waals surface area contributed by atoms with Crippen molar-refractivity contribution in [2.75, 3.05) is 44.2 Å². The van der Waals surface area contributed by atoms with Crippen LogP contribution < -0.4 is 15.1 Å². The van der Waals surface area contributed by atoms with E-state index in [2.05, 4.69) is 12.2 Å². The van der Waals surface area contributed by atoms with Crippen LogP contribution in [0.2, 0.25) is 0 Å². The Bertz CT molecular complexity index is 594. The second kappa shape index (κ2) is 7.21. The Morgan fingerprint density at radius 1 is 1.25 bits per heavy atom. The van der Waals surface area contributed by atoms with Gasteiger partial charge in [0.15, 0.2) is 0 Å². The second-order valence-corrected chi connectivity index (χ2v) is 6.78. The number of benzene rings is 1. The van der Waals surface area contributed by atoms with Crippen LogP contribution in [0.3, 0.4) is 0 Å². The molecule has 0 aromatic heterocycles. The van der Waals surface area contributed by atoms with Gasteiger partial charge in [0.1, 0.15) is 0 Å². The molecule has 0 bridgehead atoms. The molecule has 6 heteroatoms. The molecule has 0 radical (unpaired) electrons. The highest BCUT2D eigenvalue weighted by molar-refractivity contribution is 5.96. The monoisotopic (exact) mass is 331 g/mol. The average Bonchev–Trinajstić information content (AvgIpc) is 2.96. The Hall–Kier alpha value is -2.08. The first-order valence-electron chi connectivity index (χ1n) is 8.83. The number of hydrogen-bond donors (Lipinski definition) is 2. The lowest BCUT2D eigenvalue weighted by atomic mass is 10.2. The Morgan fingerprint density at radius 2 is 1.92 bits per heavy atom. The number of rotatable bonds is 3. The predicted molar refractivity (Wildman–Crippen MR) is 93.3 cm³/mol. The normalized spacial score (nSPS) is 22.1. The molecule has 2 N–H and O–H groups in total. The van der Waals surface area contributed by atoms with Crippen LogP contribution in [0.15, 0.2) is 24.3 Å². The third kappa shape index (κ3) is 3.70. The van der Waals surface area contributed by atoms with Gasteiger partial charge in [0.05, 0.1) is 38.8 Å². The summed E-state index contributed by atoms with van der Waals surface area (Å²) in [6.45, 7) is 9.44. The van der Waals surface area contributed by atoms with E-state index < -0.39 is 0 Å². The number of nitrogens with zero attached hydrogens (tertiary/aromatic N) is 2. The van der Waals surface area contributed by atoms with E-state index in [0.717, 1.165) is 38.4 Å². The first kappa shape index (κ1) is 16.8. The van der Waals surface area contributed by atoms with Crippen LogP contribution in [0, 0.1) is 6.92 Å². The molecule has 1 aromatic carbocycles. The number of nitrogens with one attached hydrogen (secondary N) is 2. The molecule has 1 atom stereocenters. The summed E-state index contributed by atoms with van der Waals surface area (Å²) in [6, 6.07) is 7.79. The molecule has 1 aromatic rings. The predicted octanol–water partition coefficient (Wildman–Crippen LogP) is 0.0303. The lowest BCUT2D eigenvalue weighted by Gasteiger charge is -2.32. The van der Waals surface area contributed by atoms with Gasteiger partial charge in [0, 0.05) is 18.7 Å². The highest BCUT2D eigenvalue weighted by atomic mass is 16.2. The van der Waals surface area contributed by atoms with Crippen molar-refractivity contribution >= 4 is 17.6 Å². The van der Waals surface area contributed by atoms with E-state index in [0.29, 0.717) is 13.0 Å². The van der Waals surface area contributed by atoms with E-state index in [-0.39, 0.29) is 18.0 Å². The van der Waals surface area contributed by atoms with Crippen molar-refractivity contribution in [3.63, 3.8) is 0 Å². The standard InChI is InChI=1S/C18H26N4O2/c1-3-20-8-10-21(11-9-20)18(24)19-15-12-17(23)22(13-15)16-6-4-14(2)5-7-16/h4-7,15H,3,8-13H2,1-2H3,(H,19,24)/p+1/t15-/m1/s1. The first-order chi connectivity index (χ1) is 11.6. The SMILES string of the molecule is CC[NH+]1CCN(C(=O)N[C@@H]2CC(=O)N(c3ccc(C)cc3)C2)CC1. The van der Waals surface area contributed by atoms with E-state index in [4.69, 9.17) is 0 Å². The molecule has 130 valence electrons. The maximum absolute atomic E-state index is 12.4. The zero-order valence-electron chi connectivity index (χ0n) is 14.5. The molecule has 6 nitrogen and oxygen atoms in total. The van der Waals surface area contributed by atoms with E-state index in [9.17, 15) is 9.59 Å². The number of quaternary nitrogens is 1. The first-order valence-corrected chi connectivity index (χ1v) is 8.83. The minimum Gasteiger partial charge on any atom is -0.333 e. The van der Waals surface area contributed by atoms with Gasteiger partial charge in [0.2, 0.25) is 5.91 Å². The molecule has 0 aliphatic carbocycles. The Labute approximate surface area is 143 Å². The van der Waals surface area contributed by atoms with Crippen molar-refractivity contribution in [1.29, 1.82) is 0 Å². The van der Waals surface area contributed by atoms with Crippen molar-refractivity contribution in [2.24, 2.45) is 0 Å². The van der Waals surface area contributed by atoms with Gasteiger partial charge in [-0.25, -0.2) is 4.79 Å². The quantitative estimate of drug-likeness (QED) is 0.821. The van der Waals surface area contributed by atoms with E-state index in [1.807, 2.05) is 36.1 Å². The second-order valence-electron chi connectivity index (χ2n) is 6.78. The maximum atomic E-state index is 12.4. The van der Waals surface area contributed by atoms with Crippen LogP contribution in [0.5, 0.6) is 0 Å². The number of anilines is 1. The molecule has 2 aliphatic rings. The van der Waals surface area contributed by atoms with Gasteiger partial charge >= 0.3 is 6.03 Å². The molecule has 0 unspecified atom stereocenters. The number of urea groups is 1. The third-order valence-electron chi connectivity index (χ3n) is 5.06. The third-order valence-corrected chi connectivity index (χ3v) is 5.06. The van der Waals surface area contributed by atoms with Crippen molar-refractivity contribution in [3.05, 3.63) is 29.8 Å². The molecule has 0 saturated carbocycles. The van der Waals surface area contributed by atoms with Crippen LogP contribution in [-0.4, -0.2) is 62.1 Å². The summed E-state index contributed by atoms with van der Waals surface area (Å²) in [7, 11) is 0. The van der Waals surface area contributed by atoms with Crippen LogP contribution in [0.4, 0.5) is 10.5 Å². The maximum Gasteiger partial charge on any atom is 0.318 e. The topological polar surface area (TPSA) is 57.1 Å². The summed E-state index contributed by atoms with van der Waals surface area (Å²) in [5.74, 6) is 0.0735. The lowest BCUT2D eigenvalue weighted by molar-refractivity contribution is -0.902. The Balaban J connectivity index is 1.54. The number of carbonyl (C=O) groups excluding carboxylic acids is 2. The summed E-state index contributed by atoms with van der Waals surface area (Å²) >= 11 is 0. The Morgan fingerprint density at radius 3 is 2.54 bits per heavy atom. The van der Waals surface area contributed by atoms with Crippen LogP contribution in [0.1, 0.15) is 18.9 Å². The van der Waals surface area contributed by atoms with Crippen molar-refractivity contribution in [3.8, 4) is 0 Å². The molecular formula is C18H27N4O2+. The number of aryl methyl sites for hydroxylation is 1. The van der Waals surface area contributed by atoms with Crippen molar-refractivity contribution < 1.29 is 14.5 Å². The number of likely N-dealkylation sites (N-methyl/N-ethyl adjacent to an activating group) is 1. The minimum absolute atomic E-state index is 0.0336. The van der Waals surface area contributed by atoms with Crippen molar-refractivity contribution in [2.45, 2.75) is 26.3 Å². The molecule has 3 amide bonds. The number of piperazine rings is 1. The van der Waals surface area contributed by atoms with Gasteiger partial charge in [-0.1, -0.05) is 17.7 Å². The molecule has 3 rings (SSSR count). The summed E-state index contributed by atoms with van der Waals surface area (Å²) in [6.07, 6.45) is 0.375. The molecule has 2 heterocycles. The van der Waals surface area contributed by atoms with Gasteiger partial charge in [0.25, 0.3) is 0 Å². The van der Waals surface area contributed by atoms with Gasteiger partial charge < -0.3 is 20.0 Å². The minimum atomic E-state index is -0.108. The van der Waals surface area contributed by atoms with E-state index in [1.165, 1.54) is 5.56 Å². The van der Waals surface area contributed by atoms with Crippen LogP contribution in [0.25, 0.3) is 0 Å². The van der Waals surface area contributed by atoms with Crippen molar-refractivity contribution in [1.82, 2.24) is 10.2 Å². The largest absolute Gasteiger partial charge is 0.333 e. The molecule has 2 saturated heterocycles. The summed E-state index contributed by atoms with van der Waals surface area (Å²) in [4.78, 5) is 29.9. The number of amides is 3. The fraction of sp³-hybridized carbons (Fsp3) is 0.556. The average molecular weight is 331 g/mol. The smallest absolute Gasteiger partial charge is 0.318 e. The molecule has 2 aliphatic heterocycles. The fourth-order valence-corrected chi connectivity index (χ4v) is 3.42. The van der Waals surface area contributed by atoms with Gasteiger partial charge in [-0.2, -0.15) is 0 Å². The number of hydrogen-bond acceptors (Lipinski definition) is 2. The summed E-state index contributed by atoms with van der Waals surface area (Å²) in [5, 5.41) is 3.04. The molecular weight excluding hydrogens is 304 g/mol. The molecule has 2 fully saturated rings. The summed E-state index contributed by atoms with van der Waals surface area (Å²) < 4.78 is 0. The van der Waals surface area contributed by atoms with Crippen LogP contribution in [-0.2, 0) is 4.79 Å². The summed E-state index contributed by atoms with van der Waals surface area (Å²) in [5.41, 5.74) is 2.08. The number of carbonyl (C=O) groups is 2. The van der Waals surface area contributed by atoms with Gasteiger partial charge in [-0.05, 0) is 26.0 Å². The van der Waals surface area contributed by atoms with Gasteiger partial charge in [-0.15, -0.1) is 0 Å². The zero-order valence-corrected chi connectivity index (χ0v) is 14.5. The molecule has 24 heavy (non-hydrogen) atoms. The van der Waals surface area contributed by atoms with Crippen LogP contribution >= 0.6 is 0 Å². The Kier molecular flexibility index (Phi) is 5.04. The highest BCUT2D eigenvalue weighted by Crippen LogP contribution is 2.22. The highest BCUT2D eigenvalue weighted by Gasteiger charge is 2.33. The zero-order chi connectivity index (χ0) is 17.1.